The first kappa shape index (κ1) is 10.3. The van der Waals surface area contributed by atoms with Crippen LogP contribution in [-0.4, -0.2) is 5.84 Å². The molecule has 13 heavy (non-hydrogen) atoms. The predicted molar refractivity (Wildman–Crippen MR) is 60.6 cm³/mol. The van der Waals surface area contributed by atoms with E-state index in [-0.39, 0.29) is 0 Å². The molecule has 0 bridgehead atoms. The van der Waals surface area contributed by atoms with Crippen LogP contribution in [0, 0.1) is 13.8 Å². The summed E-state index contributed by atoms with van der Waals surface area (Å²) in [4.78, 5) is 4.20. The van der Waals surface area contributed by atoms with Crippen LogP contribution in [0.15, 0.2) is 21.6 Å². The van der Waals surface area contributed by atoms with E-state index in [2.05, 4.69) is 20.9 Å². The zero-order valence-corrected chi connectivity index (χ0v) is 9.64. The topological polar surface area (TPSA) is 38.4 Å². The number of hydrogen-bond acceptors (Lipinski definition) is 1. The second kappa shape index (κ2) is 3.92. The van der Waals surface area contributed by atoms with Gasteiger partial charge in [0.2, 0.25) is 0 Å². The molecule has 1 aromatic rings. The fraction of sp³-hybridized carbons (Fsp3) is 0.300. The molecule has 0 saturated carbocycles. The van der Waals surface area contributed by atoms with Crippen molar-refractivity contribution < 1.29 is 0 Å². The van der Waals surface area contributed by atoms with Crippen molar-refractivity contribution in [2.24, 2.45) is 10.7 Å². The van der Waals surface area contributed by atoms with E-state index in [0.29, 0.717) is 5.84 Å². The zero-order valence-electron chi connectivity index (χ0n) is 8.06. The molecular formula is C10H13BrN2. The molecule has 0 aromatic heterocycles. The van der Waals surface area contributed by atoms with Gasteiger partial charge in [-0.05, 0) is 44.0 Å². The number of aliphatic imine (C=N–C) groups is 1. The number of hydrogen-bond donors (Lipinski definition) is 1. The number of nitrogens with zero attached hydrogens (tertiary/aromatic N) is 1. The monoisotopic (exact) mass is 240 g/mol. The first-order valence-electron chi connectivity index (χ1n) is 4.08. The van der Waals surface area contributed by atoms with Gasteiger partial charge in [-0.3, -0.25) is 0 Å². The Kier molecular flexibility index (Phi) is 3.09. The van der Waals surface area contributed by atoms with E-state index in [9.17, 15) is 0 Å². The summed E-state index contributed by atoms with van der Waals surface area (Å²) in [6, 6.07) is 4.01. The van der Waals surface area contributed by atoms with Gasteiger partial charge in [-0.1, -0.05) is 15.9 Å². The molecular weight excluding hydrogens is 228 g/mol. The van der Waals surface area contributed by atoms with Crippen LogP contribution >= 0.6 is 15.9 Å². The minimum atomic E-state index is 0.584. The first-order chi connectivity index (χ1) is 6.00. The second-order valence-corrected chi connectivity index (χ2v) is 3.94. The first-order valence-corrected chi connectivity index (χ1v) is 4.87. The minimum absolute atomic E-state index is 0.584. The Morgan fingerprint density at radius 2 is 1.77 bits per heavy atom. The molecule has 1 rings (SSSR count). The van der Waals surface area contributed by atoms with Gasteiger partial charge in [0, 0.05) is 4.47 Å². The lowest BCUT2D eigenvalue weighted by Crippen LogP contribution is -2.03. The summed E-state index contributed by atoms with van der Waals surface area (Å²) in [6.45, 7) is 5.87. The molecule has 70 valence electrons. The highest BCUT2D eigenvalue weighted by Gasteiger charge is 2.00. The average Bonchev–Trinajstić information content (AvgIpc) is 1.98. The van der Waals surface area contributed by atoms with Crippen molar-refractivity contribution in [3.8, 4) is 0 Å². The van der Waals surface area contributed by atoms with Crippen LogP contribution in [0.1, 0.15) is 18.1 Å². The molecule has 0 amide bonds. The van der Waals surface area contributed by atoms with Crippen molar-refractivity contribution in [2.45, 2.75) is 20.8 Å². The number of rotatable bonds is 1. The van der Waals surface area contributed by atoms with E-state index in [1.165, 1.54) is 11.1 Å². The van der Waals surface area contributed by atoms with Crippen LogP contribution in [-0.2, 0) is 0 Å². The summed E-state index contributed by atoms with van der Waals surface area (Å²) in [6.07, 6.45) is 0. The maximum atomic E-state index is 5.50. The van der Waals surface area contributed by atoms with E-state index >= 15 is 0 Å². The number of nitrogens with two attached hydrogens (primary N) is 1. The molecule has 0 unspecified atom stereocenters. The number of amidine groups is 1. The quantitative estimate of drug-likeness (QED) is 0.595. The van der Waals surface area contributed by atoms with Gasteiger partial charge in [0.05, 0.1) is 11.5 Å². The van der Waals surface area contributed by atoms with Gasteiger partial charge in [-0.25, -0.2) is 4.99 Å². The van der Waals surface area contributed by atoms with E-state index in [0.717, 1.165) is 10.2 Å². The van der Waals surface area contributed by atoms with Gasteiger partial charge in [-0.15, -0.1) is 0 Å². The second-order valence-electron chi connectivity index (χ2n) is 3.15. The van der Waals surface area contributed by atoms with Crippen LogP contribution in [0.5, 0.6) is 0 Å². The highest BCUT2D eigenvalue weighted by atomic mass is 79.9. The van der Waals surface area contributed by atoms with E-state index in [1.54, 1.807) is 6.92 Å². The molecule has 0 aliphatic rings. The molecule has 3 heteroatoms. The van der Waals surface area contributed by atoms with Crippen LogP contribution < -0.4 is 5.73 Å². The molecule has 0 fully saturated rings. The standard InChI is InChI=1S/C10H13BrN2/c1-6-4-9(13-8(3)12)5-7(2)10(6)11/h4-5H,1-3H3,(H2,12,13). The summed E-state index contributed by atoms with van der Waals surface area (Å²) < 4.78 is 1.14. The smallest absolute Gasteiger partial charge is 0.0964 e. The normalized spacial score (nSPS) is 11.8. The van der Waals surface area contributed by atoms with Crippen molar-refractivity contribution in [3.05, 3.63) is 27.7 Å². The Morgan fingerprint density at radius 3 is 2.15 bits per heavy atom. The van der Waals surface area contributed by atoms with Crippen LogP contribution in [0.3, 0.4) is 0 Å². The number of halogens is 1. The summed E-state index contributed by atoms with van der Waals surface area (Å²) >= 11 is 3.50. The molecule has 0 atom stereocenters. The molecule has 0 spiro atoms. The summed E-state index contributed by atoms with van der Waals surface area (Å²) in [5, 5.41) is 0. The largest absolute Gasteiger partial charge is 0.387 e. The maximum Gasteiger partial charge on any atom is 0.0964 e. The van der Waals surface area contributed by atoms with Crippen molar-refractivity contribution in [1.29, 1.82) is 0 Å². The Bertz CT molecular complexity index is 329. The third-order valence-electron chi connectivity index (χ3n) is 1.73. The molecule has 0 saturated heterocycles. The molecule has 1 aromatic carbocycles. The Balaban J connectivity index is 3.21. The van der Waals surface area contributed by atoms with Gasteiger partial charge >= 0.3 is 0 Å². The van der Waals surface area contributed by atoms with Gasteiger partial charge < -0.3 is 5.73 Å². The van der Waals surface area contributed by atoms with E-state index in [1.807, 2.05) is 26.0 Å². The van der Waals surface area contributed by atoms with Crippen LogP contribution in [0.25, 0.3) is 0 Å². The number of benzene rings is 1. The van der Waals surface area contributed by atoms with Gasteiger partial charge in [0.15, 0.2) is 0 Å². The van der Waals surface area contributed by atoms with Crippen LogP contribution in [0.2, 0.25) is 0 Å². The highest BCUT2D eigenvalue weighted by molar-refractivity contribution is 9.10. The van der Waals surface area contributed by atoms with Gasteiger partial charge in [0.1, 0.15) is 0 Å². The van der Waals surface area contributed by atoms with Crippen molar-refractivity contribution >= 4 is 27.5 Å². The highest BCUT2D eigenvalue weighted by Crippen LogP contribution is 2.26. The molecule has 2 N–H and O–H groups in total. The minimum Gasteiger partial charge on any atom is -0.387 e. The Labute approximate surface area is 87.0 Å². The van der Waals surface area contributed by atoms with Crippen molar-refractivity contribution in [2.75, 3.05) is 0 Å². The lowest BCUT2D eigenvalue weighted by molar-refractivity contribution is 1.31. The Morgan fingerprint density at radius 1 is 1.31 bits per heavy atom. The lowest BCUT2D eigenvalue weighted by atomic mass is 10.1. The Hall–Kier alpha value is -0.830. The van der Waals surface area contributed by atoms with Gasteiger partial charge in [-0.2, -0.15) is 0 Å². The third-order valence-corrected chi connectivity index (χ3v) is 2.98. The number of aryl methyl sites for hydroxylation is 2. The van der Waals surface area contributed by atoms with Gasteiger partial charge in [0.25, 0.3) is 0 Å². The summed E-state index contributed by atoms with van der Waals surface area (Å²) in [7, 11) is 0. The predicted octanol–water partition coefficient (Wildman–Crippen LogP) is 3.07. The van der Waals surface area contributed by atoms with Crippen molar-refractivity contribution in [1.82, 2.24) is 0 Å². The molecule has 0 aliphatic carbocycles. The third kappa shape index (κ3) is 2.56. The SMILES string of the molecule is CC(N)=Nc1cc(C)c(Br)c(C)c1. The van der Waals surface area contributed by atoms with Crippen molar-refractivity contribution in [3.63, 3.8) is 0 Å². The summed E-state index contributed by atoms with van der Waals surface area (Å²) in [5.41, 5.74) is 8.78. The average molecular weight is 241 g/mol. The molecule has 0 radical (unpaired) electrons. The molecule has 0 heterocycles. The maximum absolute atomic E-state index is 5.50. The molecule has 2 nitrogen and oxygen atoms in total. The van der Waals surface area contributed by atoms with E-state index in [4.69, 9.17) is 5.73 Å². The zero-order chi connectivity index (χ0) is 10.0. The fourth-order valence-electron chi connectivity index (χ4n) is 1.19. The summed E-state index contributed by atoms with van der Waals surface area (Å²) in [5.74, 6) is 0.584. The molecule has 0 aliphatic heterocycles. The lowest BCUT2D eigenvalue weighted by Gasteiger charge is -2.04. The fourth-order valence-corrected chi connectivity index (χ4v) is 1.42. The van der Waals surface area contributed by atoms with E-state index < -0.39 is 0 Å². The van der Waals surface area contributed by atoms with Crippen LogP contribution in [0.4, 0.5) is 5.69 Å².